The Hall–Kier alpha value is -2.35. The Balaban J connectivity index is 1.80. The molecule has 1 aromatic rings. The van der Waals surface area contributed by atoms with Crippen molar-refractivity contribution in [3.05, 3.63) is 30.4 Å². The molecule has 0 bridgehead atoms. The summed E-state index contributed by atoms with van der Waals surface area (Å²) in [5.74, 6) is 0.410. The van der Waals surface area contributed by atoms with Gasteiger partial charge in [0.1, 0.15) is 0 Å². The summed E-state index contributed by atoms with van der Waals surface area (Å²) in [6.45, 7) is 8.38. The molecule has 1 heterocycles. The van der Waals surface area contributed by atoms with E-state index in [0.29, 0.717) is 31.2 Å². The quantitative estimate of drug-likeness (QED) is 0.541. The van der Waals surface area contributed by atoms with Crippen molar-refractivity contribution >= 4 is 11.6 Å². The SMILES string of the molecule is C=C(C(C)C)C1CN(c2ccc(OC(F)F)c(OC3CCCC3)c2)CCN1CCC(N)=O. The molecule has 8 heteroatoms. The van der Waals surface area contributed by atoms with Crippen LogP contribution in [0.15, 0.2) is 30.4 Å². The summed E-state index contributed by atoms with van der Waals surface area (Å²) in [5, 5.41) is 0. The van der Waals surface area contributed by atoms with E-state index in [1.54, 1.807) is 12.1 Å². The zero-order chi connectivity index (χ0) is 23.3. The molecule has 2 fully saturated rings. The molecule has 1 saturated carbocycles. The van der Waals surface area contributed by atoms with Crippen LogP contribution in [-0.4, -0.2) is 55.7 Å². The smallest absolute Gasteiger partial charge is 0.387 e. The molecule has 1 atom stereocenters. The van der Waals surface area contributed by atoms with E-state index in [1.807, 2.05) is 6.07 Å². The van der Waals surface area contributed by atoms with Crippen LogP contribution in [0.3, 0.4) is 0 Å². The predicted molar refractivity (Wildman–Crippen MR) is 121 cm³/mol. The first-order valence-corrected chi connectivity index (χ1v) is 11.5. The maximum absolute atomic E-state index is 12.9. The van der Waals surface area contributed by atoms with Crippen molar-refractivity contribution in [3.63, 3.8) is 0 Å². The van der Waals surface area contributed by atoms with Crippen molar-refractivity contribution in [2.24, 2.45) is 11.7 Å². The molecule has 6 nitrogen and oxygen atoms in total. The van der Waals surface area contributed by atoms with E-state index in [9.17, 15) is 13.6 Å². The van der Waals surface area contributed by atoms with E-state index >= 15 is 0 Å². The fraction of sp³-hybridized carbons (Fsp3) is 0.625. The largest absolute Gasteiger partial charge is 0.486 e. The molecular formula is C24H35F2N3O3. The van der Waals surface area contributed by atoms with Crippen molar-refractivity contribution in [3.8, 4) is 11.5 Å². The van der Waals surface area contributed by atoms with Crippen LogP contribution in [0, 0.1) is 5.92 Å². The van der Waals surface area contributed by atoms with Crippen LogP contribution in [0.25, 0.3) is 0 Å². The van der Waals surface area contributed by atoms with E-state index < -0.39 is 6.61 Å². The van der Waals surface area contributed by atoms with Crippen LogP contribution in [0.2, 0.25) is 0 Å². The van der Waals surface area contributed by atoms with Crippen LogP contribution in [0.1, 0.15) is 46.0 Å². The fourth-order valence-electron chi connectivity index (χ4n) is 4.48. The van der Waals surface area contributed by atoms with Gasteiger partial charge in [0, 0.05) is 50.4 Å². The van der Waals surface area contributed by atoms with Crippen LogP contribution in [-0.2, 0) is 4.79 Å². The summed E-state index contributed by atoms with van der Waals surface area (Å²) in [5.41, 5.74) is 7.36. The molecule has 1 amide bonds. The summed E-state index contributed by atoms with van der Waals surface area (Å²) < 4.78 is 36.6. The van der Waals surface area contributed by atoms with Gasteiger partial charge in [0.2, 0.25) is 5.91 Å². The lowest BCUT2D eigenvalue weighted by Gasteiger charge is -2.44. The van der Waals surface area contributed by atoms with Crippen molar-refractivity contribution in [2.45, 2.75) is 64.7 Å². The molecule has 2 aliphatic rings. The number of hydrogen-bond acceptors (Lipinski definition) is 5. The first-order chi connectivity index (χ1) is 15.2. The number of benzene rings is 1. The number of carbonyl (C=O) groups excluding carboxylic acids is 1. The number of anilines is 1. The van der Waals surface area contributed by atoms with Gasteiger partial charge in [-0.2, -0.15) is 8.78 Å². The molecule has 1 unspecified atom stereocenters. The molecular weight excluding hydrogens is 416 g/mol. The number of nitrogens with zero attached hydrogens (tertiary/aromatic N) is 2. The Bertz CT molecular complexity index is 797. The second-order valence-corrected chi connectivity index (χ2v) is 8.98. The van der Waals surface area contributed by atoms with E-state index in [1.165, 1.54) is 0 Å². The Morgan fingerprint density at radius 1 is 1.22 bits per heavy atom. The van der Waals surface area contributed by atoms with Crippen molar-refractivity contribution in [1.29, 1.82) is 0 Å². The summed E-state index contributed by atoms with van der Waals surface area (Å²) in [6, 6.07) is 5.24. The number of ether oxygens (including phenoxy) is 2. The fourth-order valence-corrected chi connectivity index (χ4v) is 4.48. The first kappa shape index (κ1) is 24.3. The maximum atomic E-state index is 12.9. The van der Waals surface area contributed by atoms with Crippen LogP contribution in [0.4, 0.5) is 14.5 Å². The lowest BCUT2D eigenvalue weighted by atomic mass is 9.94. The summed E-state index contributed by atoms with van der Waals surface area (Å²) >= 11 is 0. The Labute approximate surface area is 189 Å². The second-order valence-electron chi connectivity index (χ2n) is 8.98. The van der Waals surface area contributed by atoms with Gasteiger partial charge in [0.05, 0.1) is 6.10 Å². The van der Waals surface area contributed by atoms with Gasteiger partial charge in [-0.05, 0) is 43.7 Å². The Morgan fingerprint density at radius 3 is 2.56 bits per heavy atom. The maximum Gasteiger partial charge on any atom is 0.387 e. The monoisotopic (exact) mass is 451 g/mol. The van der Waals surface area contributed by atoms with Crippen LogP contribution >= 0.6 is 0 Å². The van der Waals surface area contributed by atoms with Gasteiger partial charge in [0.15, 0.2) is 11.5 Å². The molecule has 3 rings (SSSR count). The van der Waals surface area contributed by atoms with Gasteiger partial charge in [-0.1, -0.05) is 26.0 Å². The highest BCUT2D eigenvalue weighted by Gasteiger charge is 2.31. The minimum Gasteiger partial charge on any atom is -0.486 e. The highest BCUT2D eigenvalue weighted by atomic mass is 19.3. The van der Waals surface area contributed by atoms with E-state index in [-0.39, 0.29) is 23.8 Å². The van der Waals surface area contributed by atoms with Gasteiger partial charge < -0.3 is 20.1 Å². The third kappa shape index (κ3) is 6.34. The average Bonchev–Trinajstić information content (AvgIpc) is 3.25. The Morgan fingerprint density at radius 2 is 1.94 bits per heavy atom. The zero-order valence-electron chi connectivity index (χ0n) is 19.1. The highest BCUT2D eigenvalue weighted by Crippen LogP contribution is 2.37. The topological polar surface area (TPSA) is 68.0 Å². The van der Waals surface area contributed by atoms with Crippen molar-refractivity contribution in [1.82, 2.24) is 4.90 Å². The highest BCUT2D eigenvalue weighted by molar-refractivity contribution is 5.73. The minimum atomic E-state index is -2.90. The third-order valence-electron chi connectivity index (χ3n) is 6.41. The van der Waals surface area contributed by atoms with Crippen LogP contribution in [0.5, 0.6) is 11.5 Å². The predicted octanol–water partition coefficient (Wildman–Crippen LogP) is 4.19. The summed E-state index contributed by atoms with van der Waals surface area (Å²) in [7, 11) is 0. The molecule has 178 valence electrons. The summed E-state index contributed by atoms with van der Waals surface area (Å²) in [6.07, 6.45) is 4.36. The number of hydrogen-bond donors (Lipinski definition) is 1. The third-order valence-corrected chi connectivity index (χ3v) is 6.41. The van der Waals surface area contributed by atoms with Gasteiger partial charge >= 0.3 is 6.61 Å². The molecule has 2 N–H and O–H groups in total. The molecule has 0 aromatic heterocycles. The molecule has 1 aliphatic carbocycles. The second kappa shape index (κ2) is 11.0. The van der Waals surface area contributed by atoms with Crippen molar-refractivity contribution < 1.29 is 23.0 Å². The average molecular weight is 452 g/mol. The molecule has 1 saturated heterocycles. The number of alkyl halides is 2. The zero-order valence-corrected chi connectivity index (χ0v) is 19.1. The minimum absolute atomic E-state index is 0.0318. The molecule has 0 radical (unpaired) electrons. The van der Waals surface area contributed by atoms with Crippen LogP contribution < -0.4 is 20.1 Å². The molecule has 1 aromatic carbocycles. The van der Waals surface area contributed by atoms with E-state index in [0.717, 1.165) is 50.0 Å². The molecule has 1 aliphatic heterocycles. The first-order valence-electron chi connectivity index (χ1n) is 11.5. The van der Waals surface area contributed by atoms with Gasteiger partial charge in [-0.25, -0.2) is 0 Å². The molecule has 32 heavy (non-hydrogen) atoms. The van der Waals surface area contributed by atoms with Crippen molar-refractivity contribution in [2.75, 3.05) is 31.1 Å². The number of piperazine rings is 1. The number of halogens is 2. The van der Waals surface area contributed by atoms with E-state index in [4.69, 9.17) is 15.2 Å². The Kier molecular flexibility index (Phi) is 8.34. The number of carbonyl (C=O) groups is 1. The standard InChI is InChI=1S/C24H35F2N3O3/c1-16(2)17(3)20-15-29(13-12-28(20)11-10-23(27)30)18-8-9-21(32-24(25)26)22(14-18)31-19-6-4-5-7-19/h8-9,14,16,19-20,24H,3-7,10-13,15H2,1-2H3,(H2,27,30). The molecule has 0 spiro atoms. The van der Waals surface area contributed by atoms with Gasteiger partial charge in [0.25, 0.3) is 0 Å². The number of primary amides is 1. The van der Waals surface area contributed by atoms with Gasteiger partial charge in [-0.15, -0.1) is 0 Å². The summed E-state index contributed by atoms with van der Waals surface area (Å²) in [4.78, 5) is 15.8. The normalized spacial score (nSPS) is 20.2. The number of nitrogens with two attached hydrogens (primary N) is 1. The lowest BCUT2D eigenvalue weighted by molar-refractivity contribution is -0.118. The lowest BCUT2D eigenvalue weighted by Crippen LogP contribution is -2.55. The van der Waals surface area contributed by atoms with Gasteiger partial charge in [-0.3, -0.25) is 9.69 Å². The number of amides is 1. The number of rotatable bonds is 10. The van der Waals surface area contributed by atoms with E-state index in [2.05, 4.69) is 30.2 Å².